The van der Waals surface area contributed by atoms with Crippen molar-refractivity contribution in [2.45, 2.75) is 44.6 Å². The SMILES string of the molecule is CC1(NC(=O)C2CCCC2)CCN(C(=O)c2csc(N)n2)C1. The predicted molar refractivity (Wildman–Crippen MR) is 85.6 cm³/mol. The van der Waals surface area contributed by atoms with E-state index in [9.17, 15) is 9.59 Å². The summed E-state index contributed by atoms with van der Waals surface area (Å²) >= 11 is 1.27. The molecule has 1 aliphatic heterocycles. The maximum absolute atomic E-state index is 12.4. The van der Waals surface area contributed by atoms with Crippen molar-refractivity contribution in [3.05, 3.63) is 11.1 Å². The van der Waals surface area contributed by atoms with Crippen LogP contribution in [0.5, 0.6) is 0 Å². The van der Waals surface area contributed by atoms with Gasteiger partial charge in [-0.25, -0.2) is 4.98 Å². The Morgan fingerprint density at radius 1 is 1.45 bits per heavy atom. The molecule has 1 aliphatic carbocycles. The number of aromatic nitrogens is 1. The van der Waals surface area contributed by atoms with Gasteiger partial charge in [-0.1, -0.05) is 12.8 Å². The Hall–Kier alpha value is -1.63. The molecule has 1 saturated carbocycles. The summed E-state index contributed by atoms with van der Waals surface area (Å²) in [6, 6.07) is 0. The van der Waals surface area contributed by atoms with Crippen LogP contribution >= 0.6 is 11.3 Å². The normalized spacial score (nSPS) is 25.6. The molecule has 3 rings (SSSR count). The molecule has 1 aromatic rings. The summed E-state index contributed by atoms with van der Waals surface area (Å²) in [4.78, 5) is 30.5. The molecule has 2 fully saturated rings. The van der Waals surface area contributed by atoms with Gasteiger partial charge in [0.25, 0.3) is 5.91 Å². The van der Waals surface area contributed by atoms with Crippen LogP contribution in [0, 0.1) is 5.92 Å². The zero-order chi connectivity index (χ0) is 15.7. The molecule has 2 aliphatic rings. The molecular formula is C15H22N4O2S. The maximum atomic E-state index is 12.4. The number of hydrogen-bond acceptors (Lipinski definition) is 5. The van der Waals surface area contributed by atoms with Crippen LogP contribution in [0.3, 0.4) is 0 Å². The van der Waals surface area contributed by atoms with Crippen molar-refractivity contribution in [2.75, 3.05) is 18.8 Å². The first-order valence-electron chi connectivity index (χ1n) is 7.79. The zero-order valence-electron chi connectivity index (χ0n) is 12.8. The molecule has 0 spiro atoms. The molecular weight excluding hydrogens is 300 g/mol. The number of nitrogens with one attached hydrogen (secondary N) is 1. The van der Waals surface area contributed by atoms with Gasteiger partial charge in [0.15, 0.2) is 5.13 Å². The zero-order valence-corrected chi connectivity index (χ0v) is 13.6. The summed E-state index contributed by atoms with van der Waals surface area (Å²) in [6.45, 7) is 3.18. The van der Waals surface area contributed by atoms with Crippen LogP contribution in [0.2, 0.25) is 0 Å². The fourth-order valence-electron chi connectivity index (χ4n) is 3.37. The lowest BCUT2D eigenvalue weighted by Crippen LogP contribution is -2.50. The number of anilines is 1. The van der Waals surface area contributed by atoms with Crippen LogP contribution < -0.4 is 11.1 Å². The number of nitrogens with zero attached hydrogens (tertiary/aromatic N) is 2. The van der Waals surface area contributed by atoms with Crippen LogP contribution in [-0.2, 0) is 4.79 Å². The first kappa shape index (κ1) is 15.3. The first-order chi connectivity index (χ1) is 10.5. The summed E-state index contributed by atoms with van der Waals surface area (Å²) in [6.07, 6.45) is 5.04. The minimum atomic E-state index is -0.336. The van der Waals surface area contributed by atoms with Crippen molar-refractivity contribution in [2.24, 2.45) is 5.92 Å². The molecule has 7 heteroatoms. The number of nitrogen functional groups attached to an aromatic ring is 1. The maximum Gasteiger partial charge on any atom is 0.273 e. The van der Waals surface area contributed by atoms with Crippen LogP contribution in [0.25, 0.3) is 0 Å². The Morgan fingerprint density at radius 3 is 2.82 bits per heavy atom. The van der Waals surface area contributed by atoms with Gasteiger partial charge in [0.1, 0.15) is 5.69 Å². The summed E-state index contributed by atoms with van der Waals surface area (Å²) in [5.74, 6) is 0.193. The van der Waals surface area contributed by atoms with E-state index >= 15 is 0 Å². The van der Waals surface area contributed by atoms with Gasteiger partial charge in [-0.3, -0.25) is 9.59 Å². The van der Waals surface area contributed by atoms with Gasteiger partial charge in [0.2, 0.25) is 5.91 Å². The molecule has 1 atom stereocenters. The van der Waals surface area contributed by atoms with Gasteiger partial charge in [-0.15, -0.1) is 11.3 Å². The molecule has 1 saturated heterocycles. The average Bonchev–Trinajstić information content (AvgIpc) is 3.18. The highest BCUT2D eigenvalue weighted by Crippen LogP contribution is 2.28. The van der Waals surface area contributed by atoms with E-state index in [4.69, 9.17) is 5.73 Å². The van der Waals surface area contributed by atoms with Crippen molar-refractivity contribution in [1.82, 2.24) is 15.2 Å². The Balaban J connectivity index is 1.60. The smallest absolute Gasteiger partial charge is 0.273 e. The van der Waals surface area contributed by atoms with Crippen molar-refractivity contribution in [3.63, 3.8) is 0 Å². The van der Waals surface area contributed by atoms with Crippen molar-refractivity contribution < 1.29 is 9.59 Å². The second kappa shape index (κ2) is 5.87. The molecule has 2 amide bonds. The number of thiazole rings is 1. The fourth-order valence-corrected chi connectivity index (χ4v) is 3.91. The molecule has 2 heterocycles. The average molecular weight is 322 g/mol. The lowest BCUT2D eigenvalue weighted by atomic mass is 9.99. The van der Waals surface area contributed by atoms with E-state index in [1.54, 1.807) is 10.3 Å². The Kier molecular flexibility index (Phi) is 4.08. The van der Waals surface area contributed by atoms with Gasteiger partial charge in [0.05, 0.1) is 5.54 Å². The van der Waals surface area contributed by atoms with Crippen molar-refractivity contribution in [1.29, 1.82) is 0 Å². The minimum absolute atomic E-state index is 0.105. The van der Waals surface area contributed by atoms with E-state index in [0.29, 0.717) is 23.9 Å². The molecule has 0 aromatic carbocycles. The van der Waals surface area contributed by atoms with E-state index in [1.807, 2.05) is 6.92 Å². The highest BCUT2D eigenvalue weighted by atomic mass is 32.1. The highest BCUT2D eigenvalue weighted by Gasteiger charge is 2.39. The number of carbonyl (C=O) groups excluding carboxylic acids is 2. The first-order valence-corrected chi connectivity index (χ1v) is 8.67. The number of likely N-dealkylation sites (tertiary alicyclic amines) is 1. The monoisotopic (exact) mass is 322 g/mol. The summed E-state index contributed by atoms with van der Waals surface area (Å²) in [5, 5.41) is 5.25. The lowest BCUT2D eigenvalue weighted by Gasteiger charge is -2.27. The van der Waals surface area contributed by atoms with Crippen LogP contribution in [-0.4, -0.2) is 40.3 Å². The van der Waals surface area contributed by atoms with Gasteiger partial charge < -0.3 is 16.0 Å². The number of hydrogen-bond donors (Lipinski definition) is 2. The number of nitrogens with two attached hydrogens (primary N) is 1. The molecule has 0 radical (unpaired) electrons. The molecule has 22 heavy (non-hydrogen) atoms. The topological polar surface area (TPSA) is 88.3 Å². The van der Waals surface area contributed by atoms with E-state index < -0.39 is 0 Å². The molecule has 120 valence electrons. The van der Waals surface area contributed by atoms with Gasteiger partial charge in [-0.05, 0) is 26.2 Å². The third kappa shape index (κ3) is 3.09. The predicted octanol–water partition coefficient (Wildman–Crippen LogP) is 1.64. The van der Waals surface area contributed by atoms with Gasteiger partial charge >= 0.3 is 0 Å². The molecule has 0 bridgehead atoms. The molecule has 3 N–H and O–H groups in total. The van der Waals surface area contributed by atoms with E-state index in [0.717, 1.165) is 32.1 Å². The summed E-state index contributed by atoms with van der Waals surface area (Å²) in [7, 11) is 0. The third-order valence-corrected chi connectivity index (χ3v) is 5.33. The second-order valence-corrected chi connectivity index (χ2v) is 7.47. The quantitative estimate of drug-likeness (QED) is 0.885. The Bertz CT molecular complexity index is 582. The Labute approximate surface area is 134 Å². The molecule has 6 nitrogen and oxygen atoms in total. The lowest BCUT2D eigenvalue weighted by molar-refractivity contribution is -0.126. The minimum Gasteiger partial charge on any atom is -0.375 e. The highest BCUT2D eigenvalue weighted by molar-refractivity contribution is 7.13. The van der Waals surface area contributed by atoms with Gasteiger partial charge in [-0.2, -0.15) is 0 Å². The largest absolute Gasteiger partial charge is 0.375 e. The fraction of sp³-hybridized carbons (Fsp3) is 0.667. The van der Waals surface area contributed by atoms with Crippen LogP contribution in [0.15, 0.2) is 5.38 Å². The number of rotatable bonds is 3. The summed E-state index contributed by atoms with van der Waals surface area (Å²) in [5.41, 5.74) is 5.64. The third-order valence-electron chi connectivity index (χ3n) is 4.65. The molecule has 1 unspecified atom stereocenters. The number of carbonyl (C=O) groups is 2. The summed E-state index contributed by atoms with van der Waals surface area (Å²) < 4.78 is 0. The Morgan fingerprint density at radius 2 is 2.18 bits per heavy atom. The molecule has 1 aromatic heterocycles. The standard InChI is InChI=1S/C15H22N4O2S/c1-15(18-12(20)10-4-2-3-5-10)6-7-19(9-15)13(21)11-8-22-14(16)17-11/h8,10H,2-7,9H2,1H3,(H2,16,17)(H,18,20). The van der Waals surface area contributed by atoms with Crippen LogP contribution in [0.4, 0.5) is 5.13 Å². The number of amides is 2. The van der Waals surface area contributed by atoms with E-state index in [1.165, 1.54) is 11.3 Å². The van der Waals surface area contributed by atoms with Crippen molar-refractivity contribution in [3.8, 4) is 0 Å². The second-order valence-electron chi connectivity index (χ2n) is 6.58. The van der Waals surface area contributed by atoms with Crippen LogP contribution in [0.1, 0.15) is 49.5 Å². The van der Waals surface area contributed by atoms with E-state index in [-0.39, 0.29) is 23.3 Å². The van der Waals surface area contributed by atoms with Gasteiger partial charge in [0, 0.05) is 24.4 Å². The van der Waals surface area contributed by atoms with Crippen molar-refractivity contribution >= 4 is 28.3 Å². The van der Waals surface area contributed by atoms with E-state index in [2.05, 4.69) is 10.3 Å².